The van der Waals surface area contributed by atoms with Crippen molar-refractivity contribution in [3.63, 3.8) is 0 Å². The number of nitrogens with zero attached hydrogens (tertiary/aromatic N) is 3. The van der Waals surface area contributed by atoms with Crippen molar-refractivity contribution in [1.29, 1.82) is 0 Å². The van der Waals surface area contributed by atoms with Gasteiger partial charge in [0.1, 0.15) is 0 Å². The molecule has 1 aromatic rings. The monoisotopic (exact) mass is 343 g/mol. The van der Waals surface area contributed by atoms with E-state index >= 15 is 0 Å². The summed E-state index contributed by atoms with van der Waals surface area (Å²) in [5, 5.41) is 0. The first-order valence-corrected chi connectivity index (χ1v) is 9.56. The third-order valence-electron chi connectivity index (χ3n) is 5.62. The Hall–Kier alpha value is -1.91. The zero-order valence-electron chi connectivity index (χ0n) is 15.2. The van der Waals surface area contributed by atoms with E-state index in [1.807, 2.05) is 21.9 Å². The molecule has 0 saturated carbocycles. The van der Waals surface area contributed by atoms with Gasteiger partial charge < -0.3 is 9.80 Å². The molecule has 1 spiro atoms. The molecule has 5 nitrogen and oxygen atoms in total. The van der Waals surface area contributed by atoms with Crippen LogP contribution in [0.1, 0.15) is 51.0 Å². The van der Waals surface area contributed by atoms with Crippen molar-refractivity contribution in [1.82, 2.24) is 14.8 Å². The SMILES string of the molecule is CCCCN1C[C@]2(CCCN(C(=O)Cc3cccnc3)C2)CCC1=O. The molecule has 1 aromatic heterocycles. The number of amides is 2. The number of carbonyl (C=O) groups is 2. The Morgan fingerprint density at radius 2 is 2.20 bits per heavy atom. The van der Waals surface area contributed by atoms with Crippen LogP contribution in [0, 0.1) is 5.41 Å². The number of likely N-dealkylation sites (tertiary alicyclic amines) is 2. The van der Waals surface area contributed by atoms with Crippen LogP contribution in [0.4, 0.5) is 0 Å². The van der Waals surface area contributed by atoms with E-state index in [0.29, 0.717) is 12.8 Å². The topological polar surface area (TPSA) is 53.5 Å². The summed E-state index contributed by atoms with van der Waals surface area (Å²) in [7, 11) is 0. The highest BCUT2D eigenvalue weighted by Gasteiger charge is 2.42. The lowest BCUT2D eigenvalue weighted by Crippen LogP contribution is -2.55. The molecule has 0 aromatic carbocycles. The third kappa shape index (κ3) is 4.39. The molecule has 2 saturated heterocycles. The van der Waals surface area contributed by atoms with Crippen LogP contribution in [0.25, 0.3) is 0 Å². The summed E-state index contributed by atoms with van der Waals surface area (Å²) >= 11 is 0. The van der Waals surface area contributed by atoms with Gasteiger partial charge in [0.05, 0.1) is 6.42 Å². The summed E-state index contributed by atoms with van der Waals surface area (Å²) < 4.78 is 0. The molecule has 5 heteroatoms. The average molecular weight is 343 g/mol. The molecule has 0 bridgehead atoms. The van der Waals surface area contributed by atoms with Gasteiger partial charge in [-0.1, -0.05) is 19.4 Å². The molecule has 2 aliphatic heterocycles. The van der Waals surface area contributed by atoms with Crippen LogP contribution in [0.5, 0.6) is 0 Å². The Kier molecular flexibility index (Phi) is 5.71. The van der Waals surface area contributed by atoms with E-state index in [2.05, 4.69) is 11.9 Å². The maximum absolute atomic E-state index is 12.7. The zero-order chi connectivity index (χ0) is 17.7. The largest absolute Gasteiger partial charge is 0.342 e. The predicted octanol–water partition coefficient (Wildman–Crippen LogP) is 2.66. The predicted molar refractivity (Wildman–Crippen MR) is 96.9 cm³/mol. The van der Waals surface area contributed by atoms with E-state index in [1.165, 1.54) is 0 Å². The second-order valence-corrected chi connectivity index (χ2v) is 7.63. The van der Waals surface area contributed by atoms with Gasteiger partial charge in [0.25, 0.3) is 0 Å². The summed E-state index contributed by atoms with van der Waals surface area (Å²) in [5.41, 5.74) is 1.07. The van der Waals surface area contributed by atoms with Gasteiger partial charge in [0.2, 0.25) is 11.8 Å². The number of piperidine rings is 2. The van der Waals surface area contributed by atoms with Gasteiger partial charge in [-0.2, -0.15) is 0 Å². The number of unbranched alkanes of at least 4 members (excludes halogenated alkanes) is 1. The van der Waals surface area contributed by atoms with Crippen LogP contribution >= 0.6 is 0 Å². The molecule has 0 radical (unpaired) electrons. The van der Waals surface area contributed by atoms with Crippen molar-refractivity contribution in [3.8, 4) is 0 Å². The minimum atomic E-state index is 0.102. The van der Waals surface area contributed by atoms with Crippen LogP contribution in [-0.4, -0.2) is 52.8 Å². The second-order valence-electron chi connectivity index (χ2n) is 7.63. The first-order valence-electron chi connectivity index (χ1n) is 9.56. The van der Waals surface area contributed by atoms with Crippen molar-refractivity contribution in [2.75, 3.05) is 26.2 Å². The van der Waals surface area contributed by atoms with Crippen LogP contribution in [-0.2, 0) is 16.0 Å². The summed E-state index contributed by atoms with van der Waals surface area (Å²) in [6.45, 7) is 5.47. The van der Waals surface area contributed by atoms with Gasteiger partial charge in [0.15, 0.2) is 0 Å². The molecular formula is C20H29N3O2. The third-order valence-corrected chi connectivity index (χ3v) is 5.62. The molecule has 25 heavy (non-hydrogen) atoms. The van der Waals surface area contributed by atoms with E-state index in [0.717, 1.165) is 63.8 Å². The average Bonchev–Trinajstić information content (AvgIpc) is 2.64. The smallest absolute Gasteiger partial charge is 0.227 e. The van der Waals surface area contributed by atoms with Crippen LogP contribution in [0.15, 0.2) is 24.5 Å². The molecular weight excluding hydrogens is 314 g/mol. The fraction of sp³-hybridized carbons (Fsp3) is 0.650. The van der Waals surface area contributed by atoms with Crippen molar-refractivity contribution >= 4 is 11.8 Å². The van der Waals surface area contributed by atoms with Crippen LogP contribution < -0.4 is 0 Å². The minimum absolute atomic E-state index is 0.102. The van der Waals surface area contributed by atoms with Gasteiger partial charge >= 0.3 is 0 Å². The molecule has 136 valence electrons. The second kappa shape index (κ2) is 7.98. The quantitative estimate of drug-likeness (QED) is 0.826. The van der Waals surface area contributed by atoms with Gasteiger partial charge in [-0.05, 0) is 37.3 Å². The number of rotatable bonds is 5. The Morgan fingerprint density at radius 3 is 2.96 bits per heavy atom. The van der Waals surface area contributed by atoms with Crippen LogP contribution in [0.2, 0.25) is 0 Å². The normalized spacial score (nSPS) is 24.0. The summed E-state index contributed by atoms with van der Waals surface area (Å²) in [6.07, 6.45) is 9.80. The standard InChI is InChI=1S/C20H29N3O2/c1-2-3-11-22-15-20(9-7-18(22)24)8-5-12-23(16-20)19(25)13-17-6-4-10-21-14-17/h4,6,10,14H,2-3,5,7-9,11-13,15-16H2,1H3/t20-/m0/s1. The Bertz CT molecular complexity index is 604. The lowest BCUT2D eigenvalue weighted by Gasteiger charge is -2.48. The number of hydrogen-bond donors (Lipinski definition) is 0. The van der Waals surface area contributed by atoms with E-state index in [-0.39, 0.29) is 17.2 Å². The van der Waals surface area contributed by atoms with E-state index < -0.39 is 0 Å². The molecule has 0 N–H and O–H groups in total. The van der Waals surface area contributed by atoms with Crippen molar-refractivity contribution < 1.29 is 9.59 Å². The maximum Gasteiger partial charge on any atom is 0.227 e. The summed E-state index contributed by atoms with van der Waals surface area (Å²) in [6, 6.07) is 3.83. The molecule has 2 aliphatic rings. The van der Waals surface area contributed by atoms with Crippen LogP contribution in [0.3, 0.4) is 0 Å². The number of aromatic nitrogens is 1. The maximum atomic E-state index is 12.7. The lowest BCUT2D eigenvalue weighted by atomic mass is 9.73. The first kappa shape index (κ1) is 17.9. The van der Waals surface area contributed by atoms with Gasteiger partial charge in [-0.3, -0.25) is 14.6 Å². The summed E-state index contributed by atoms with van der Waals surface area (Å²) in [5.74, 6) is 0.474. The fourth-order valence-corrected chi connectivity index (χ4v) is 4.20. The summed E-state index contributed by atoms with van der Waals surface area (Å²) in [4.78, 5) is 33.1. The van der Waals surface area contributed by atoms with E-state index in [1.54, 1.807) is 12.4 Å². The number of pyridine rings is 1. The first-order chi connectivity index (χ1) is 12.1. The Labute approximate surface area is 150 Å². The molecule has 3 rings (SSSR count). The van der Waals surface area contributed by atoms with Gasteiger partial charge in [0, 0.05) is 50.4 Å². The highest BCUT2D eigenvalue weighted by atomic mass is 16.2. The highest BCUT2D eigenvalue weighted by molar-refractivity contribution is 5.79. The molecule has 2 amide bonds. The van der Waals surface area contributed by atoms with Crippen molar-refractivity contribution in [2.24, 2.45) is 5.41 Å². The molecule has 2 fully saturated rings. The lowest BCUT2D eigenvalue weighted by molar-refractivity contribution is -0.142. The van der Waals surface area contributed by atoms with Gasteiger partial charge in [-0.15, -0.1) is 0 Å². The minimum Gasteiger partial charge on any atom is -0.342 e. The van der Waals surface area contributed by atoms with Gasteiger partial charge in [-0.25, -0.2) is 0 Å². The van der Waals surface area contributed by atoms with E-state index in [4.69, 9.17) is 0 Å². The molecule has 1 atom stereocenters. The van der Waals surface area contributed by atoms with E-state index in [9.17, 15) is 9.59 Å². The number of hydrogen-bond acceptors (Lipinski definition) is 3. The number of carbonyl (C=O) groups excluding carboxylic acids is 2. The Balaban J connectivity index is 1.63. The molecule has 0 aliphatic carbocycles. The highest BCUT2D eigenvalue weighted by Crippen LogP contribution is 2.39. The van der Waals surface area contributed by atoms with Crippen molar-refractivity contribution in [3.05, 3.63) is 30.1 Å². The molecule has 0 unspecified atom stereocenters. The fourth-order valence-electron chi connectivity index (χ4n) is 4.20. The zero-order valence-corrected chi connectivity index (χ0v) is 15.2. The van der Waals surface area contributed by atoms with Crippen molar-refractivity contribution in [2.45, 2.75) is 51.9 Å². The Morgan fingerprint density at radius 1 is 1.32 bits per heavy atom. The molecule has 3 heterocycles.